The maximum atomic E-state index is 11.6. The van der Waals surface area contributed by atoms with E-state index in [0.717, 1.165) is 38.5 Å². The molecule has 1 aliphatic rings. The van der Waals surface area contributed by atoms with Crippen molar-refractivity contribution in [3.8, 4) is 0 Å². The van der Waals surface area contributed by atoms with Crippen LogP contribution >= 0.6 is 0 Å². The largest absolute Gasteiger partial charge is 0.390 e. The molecule has 1 aliphatic carbocycles. The fraction of sp³-hybridized carbons (Fsp3) is 0.917. The molecule has 0 aromatic heterocycles. The Hall–Kier alpha value is -0.370. The van der Waals surface area contributed by atoms with Gasteiger partial charge in [-0.3, -0.25) is 4.79 Å². The summed E-state index contributed by atoms with van der Waals surface area (Å²) in [5.74, 6) is 0.315. The molecule has 1 rings (SSSR count). The van der Waals surface area contributed by atoms with Crippen LogP contribution in [0.25, 0.3) is 0 Å². The van der Waals surface area contributed by atoms with Crippen LogP contribution in [0.15, 0.2) is 0 Å². The Labute approximate surface area is 86.7 Å². The van der Waals surface area contributed by atoms with Crippen molar-refractivity contribution in [3.05, 3.63) is 0 Å². The second-order valence-corrected chi connectivity index (χ2v) is 5.08. The second-order valence-electron chi connectivity index (χ2n) is 5.08. The number of carbonyl (C=O) groups excluding carboxylic acids is 1. The van der Waals surface area contributed by atoms with Gasteiger partial charge in [0.25, 0.3) is 0 Å². The van der Waals surface area contributed by atoms with Crippen molar-refractivity contribution < 1.29 is 9.90 Å². The predicted octanol–water partition coefficient (Wildman–Crippen LogP) is 2.69. The Morgan fingerprint density at radius 1 is 1.29 bits per heavy atom. The molecule has 1 saturated carbocycles. The highest BCUT2D eigenvalue weighted by molar-refractivity contribution is 5.82. The summed E-state index contributed by atoms with van der Waals surface area (Å²) in [5.41, 5.74) is -0.649. The first kappa shape index (κ1) is 11.7. The molecule has 0 saturated heterocycles. The number of aliphatic hydroxyl groups is 1. The fourth-order valence-electron chi connectivity index (χ4n) is 2.52. The maximum Gasteiger partial charge on any atom is 0.135 e. The van der Waals surface area contributed by atoms with Crippen LogP contribution in [0.4, 0.5) is 0 Å². The molecule has 0 aliphatic heterocycles. The molecule has 82 valence electrons. The molecule has 1 N–H and O–H groups in total. The van der Waals surface area contributed by atoms with Gasteiger partial charge in [0.1, 0.15) is 5.78 Å². The van der Waals surface area contributed by atoms with Crippen LogP contribution in [-0.4, -0.2) is 16.5 Å². The molecule has 0 atom stereocenters. The smallest absolute Gasteiger partial charge is 0.135 e. The van der Waals surface area contributed by atoms with Gasteiger partial charge in [-0.25, -0.2) is 0 Å². The molecule has 14 heavy (non-hydrogen) atoms. The van der Waals surface area contributed by atoms with Crippen molar-refractivity contribution in [2.45, 2.75) is 64.9 Å². The third-order valence-corrected chi connectivity index (χ3v) is 3.76. The van der Waals surface area contributed by atoms with Crippen LogP contribution in [0.5, 0.6) is 0 Å². The van der Waals surface area contributed by atoms with E-state index in [9.17, 15) is 9.90 Å². The van der Waals surface area contributed by atoms with E-state index in [-0.39, 0.29) is 5.41 Å². The van der Waals surface area contributed by atoms with Crippen molar-refractivity contribution >= 4 is 5.78 Å². The summed E-state index contributed by atoms with van der Waals surface area (Å²) in [7, 11) is 0. The van der Waals surface area contributed by atoms with E-state index in [0.29, 0.717) is 5.78 Å². The van der Waals surface area contributed by atoms with Gasteiger partial charge in [-0.05, 0) is 46.0 Å². The van der Waals surface area contributed by atoms with Gasteiger partial charge in [0, 0.05) is 5.41 Å². The topological polar surface area (TPSA) is 37.3 Å². The van der Waals surface area contributed by atoms with Crippen molar-refractivity contribution in [1.29, 1.82) is 0 Å². The Bertz CT molecular complexity index is 208. The number of rotatable bonds is 3. The second kappa shape index (κ2) is 4.01. The lowest BCUT2D eigenvalue weighted by molar-refractivity contribution is -0.132. The average Bonchev–Trinajstić information content (AvgIpc) is 2.09. The first-order chi connectivity index (χ1) is 6.42. The standard InChI is InChI=1S/C12H22O2/c1-4-5-12(10(2)13)8-6-11(3,14)7-9-12/h14H,4-9H2,1-3H3. The number of Topliss-reactive ketones (excluding diaryl/α,β-unsaturated/α-hetero) is 1. The number of hydrogen-bond donors (Lipinski definition) is 1. The zero-order valence-corrected chi connectivity index (χ0v) is 9.60. The van der Waals surface area contributed by atoms with Gasteiger partial charge in [-0.15, -0.1) is 0 Å². The predicted molar refractivity (Wildman–Crippen MR) is 57.1 cm³/mol. The highest BCUT2D eigenvalue weighted by Gasteiger charge is 2.41. The van der Waals surface area contributed by atoms with E-state index in [1.165, 1.54) is 0 Å². The van der Waals surface area contributed by atoms with E-state index in [1.807, 2.05) is 6.92 Å². The van der Waals surface area contributed by atoms with E-state index in [2.05, 4.69) is 6.92 Å². The molecule has 0 spiro atoms. The molecule has 0 aromatic carbocycles. The normalized spacial score (nSPS) is 38.3. The van der Waals surface area contributed by atoms with E-state index < -0.39 is 5.60 Å². The third-order valence-electron chi connectivity index (χ3n) is 3.76. The van der Waals surface area contributed by atoms with Gasteiger partial charge in [0.05, 0.1) is 5.60 Å². The zero-order chi connectivity index (χ0) is 10.8. The highest BCUT2D eigenvalue weighted by atomic mass is 16.3. The van der Waals surface area contributed by atoms with Gasteiger partial charge < -0.3 is 5.11 Å². The minimum atomic E-state index is -0.535. The van der Waals surface area contributed by atoms with E-state index in [4.69, 9.17) is 0 Å². The van der Waals surface area contributed by atoms with Crippen molar-refractivity contribution in [2.75, 3.05) is 0 Å². The summed E-state index contributed by atoms with van der Waals surface area (Å²) in [4.78, 5) is 11.6. The first-order valence-electron chi connectivity index (χ1n) is 5.65. The minimum absolute atomic E-state index is 0.114. The highest BCUT2D eigenvalue weighted by Crippen LogP contribution is 2.44. The first-order valence-corrected chi connectivity index (χ1v) is 5.65. The van der Waals surface area contributed by atoms with Gasteiger partial charge >= 0.3 is 0 Å². The molecule has 0 radical (unpaired) electrons. The average molecular weight is 198 g/mol. The number of hydrogen-bond acceptors (Lipinski definition) is 2. The van der Waals surface area contributed by atoms with Crippen LogP contribution in [0.1, 0.15) is 59.3 Å². The molecule has 0 heterocycles. The zero-order valence-electron chi connectivity index (χ0n) is 9.60. The van der Waals surface area contributed by atoms with Gasteiger partial charge in [0.2, 0.25) is 0 Å². The van der Waals surface area contributed by atoms with E-state index >= 15 is 0 Å². The Morgan fingerprint density at radius 2 is 1.79 bits per heavy atom. The Balaban J connectivity index is 2.69. The van der Waals surface area contributed by atoms with Crippen LogP contribution in [0, 0.1) is 5.41 Å². The molecular weight excluding hydrogens is 176 g/mol. The van der Waals surface area contributed by atoms with Crippen LogP contribution in [0.3, 0.4) is 0 Å². The Morgan fingerprint density at radius 3 is 2.14 bits per heavy atom. The quantitative estimate of drug-likeness (QED) is 0.757. The number of carbonyl (C=O) groups is 1. The van der Waals surface area contributed by atoms with Crippen LogP contribution in [0.2, 0.25) is 0 Å². The Kier molecular flexibility index (Phi) is 3.36. The maximum absolute atomic E-state index is 11.6. The van der Waals surface area contributed by atoms with Gasteiger partial charge in [-0.1, -0.05) is 13.3 Å². The van der Waals surface area contributed by atoms with E-state index in [1.54, 1.807) is 6.92 Å². The monoisotopic (exact) mass is 198 g/mol. The lowest BCUT2D eigenvalue weighted by Gasteiger charge is -2.41. The molecule has 0 amide bonds. The lowest BCUT2D eigenvalue weighted by atomic mass is 9.65. The van der Waals surface area contributed by atoms with Crippen molar-refractivity contribution in [1.82, 2.24) is 0 Å². The molecule has 0 unspecified atom stereocenters. The molecule has 1 fully saturated rings. The fourth-order valence-corrected chi connectivity index (χ4v) is 2.52. The summed E-state index contributed by atoms with van der Waals surface area (Å²) in [5, 5.41) is 9.85. The molecule has 2 heteroatoms. The summed E-state index contributed by atoms with van der Waals surface area (Å²) in [6, 6.07) is 0. The molecule has 0 bridgehead atoms. The third kappa shape index (κ3) is 2.35. The van der Waals surface area contributed by atoms with Crippen molar-refractivity contribution in [3.63, 3.8) is 0 Å². The molecule has 0 aromatic rings. The summed E-state index contributed by atoms with van der Waals surface area (Å²) >= 11 is 0. The lowest BCUT2D eigenvalue weighted by Crippen LogP contribution is -2.40. The molecular formula is C12H22O2. The van der Waals surface area contributed by atoms with Crippen molar-refractivity contribution in [2.24, 2.45) is 5.41 Å². The summed E-state index contributed by atoms with van der Waals surface area (Å²) in [6.07, 6.45) is 5.31. The van der Waals surface area contributed by atoms with Crippen LogP contribution in [-0.2, 0) is 4.79 Å². The molecule has 2 nitrogen and oxygen atoms in total. The van der Waals surface area contributed by atoms with Crippen LogP contribution < -0.4 is 0 Å². The van der Waals surface area contributed by atoms with Gasteiger partial charge in [-0.2, -0.15) is 0 Å². The van der Waals surface area contributed by atoms with Gasteiger partial charge in [0.15, 0.2) is 0 Å². The summed E-state index contributed by atoms with van der Waals surface area (Å²) in [6.45, 7) is 5.70. The minimum Gasteiger partial charge on any atom is -0.390 e. The number of ketones is 1. The summed E-state index contributed by atoms with van der Waals surface area (Å²) < 4.78 is 0. The SMILES string of the molecule is CCCC1(C(C)=O)CCC(C)(O)CC1.